The number of nitrogens with zero attached hydrogens (tertiary/aromatic N) is 2. The fraction of sp³-hybridized carbons (Fsp3) is 0.622. The summed E-state index contributed by atoms with van der Waals surface area (Å²) >= 11 is 1.46. The van der Waals surface area contributed by atoms with Crippen LogP contribution >= 0.6 is 11.3 Å². The maximum absolute atomic E-state index is 14.3. The zero-order valence-electron chi connectivity index (χ0n) is 28.0. The number of aromatic nitrogens is 1. The van der Waals surface area contributed by atoms with Crippen molar-refractivity contribution in [3.8, 4) is 0 Å². The average molecular weight is 696 g/mol. The number of aliphatic hydroxyl groups excluding tert-OH is 1. The Kier molecular flexibility index (Phi) is 10.1. The molecule has 6 unspecified atom stereocenters. The van der Waals surface area contributed by atoms with Crippen LogP contribution in [-0.2, 0) is 30.7 Å². The molecule has 3 aromatic rings. The first-order chi connectivity index (χ1) is 23.2. The van der Waals surface area contributed by atoms with Crippen LogP contribution < -0.4 is 5.32 Å². The molecule has 8 rings (SSSR count). The van der Waals surface area contributed by atoms with Crippen molar-refractivity contribution in [3.05, 3.63) is 54.1 Å². The number of carbonyl (C=O) groups is 1. The van der Waals surface area contributed by atoms with Gasteiger partial charge in [0.2, 0.25) is 10.0 Å². The number of anilines is 1. The number of hydrogen-bond donors (Lipinski definition) is 2. The first kappa shape index (κ1) is 33.9. The van der Waals surface area contributed by atoms with E-state index in [4.69, 9.17) is 9.47 Å². The van der Waals surface area contributed by atoms with Crippen molar-refractivity contribution in [1.82, 2.24) is 9.29 Å². The van der Waals surface area contributed by atoms with E-state index in [1.807, 2.05) is 44.2 Å². The smallest absolute Gasteiger partial charge is 0.306 e. The molecule has 260 valence electrons. The van der Waals surface area contributed by atoms with E-state index in [2.05, 4.69) is 10.3 Å². The third kappa shape index (κ3) is 7.45. The van der Waals surface area contributed by atoms with Crippen molar-refractivity contribution in [3.63, 3.8) is 0 Å². The summed E-state index contributed by atoms with van der Waals surface area (Å²) in [6.45, 7) is 4.86. The predicted octanol–water partition coefficient (Wildman–Crippen LogP) is 6.26. The molecule has 0 radical (unpaired) electrons. The lowest BCUT2D eigenvalue weighted by Gasteiger charge is -2.37. The van der Waals surface area contributed by atoms with Gasteiger partial charge in [0.25, 0.3) is 0 Å². The van der Waals surface area contributed by atoms with E-state index in [-0.39, 0.29) is 54.4 Å². The molecular weight excluding hydrogens is 647 g/mol. The molecule has 5 fully saturated rings. The average Bonchev–Trinajstić information content (AvgIpc) is 3.74. The van der Waals surface area contributed by atoms with Crippen molar-refractivity contribution in [2.24, 2.45) is 29.6 Å². The summed E-state index contributed by atoms with van der Waals surface area (Å²) in [7, 11) is -3.97. The van der Waals surface area contributed by atoms with E-state index >= 15 is 0 Å². The Morgan fingerprint density at radius 3 is 2.65 bits per heavy atom. The van der Waals surface area contributed by atoms with E-state index < -0.39 is 22.0 Å². The van der Waals surface area contributed by atoms with Gasteiger partial charge in [-0.3, -0.25) is 4.79 Å². The van der Waals surface area contributed by atoms with Crippen molar-refractivity contribution >= 4 is 42.7 Å². The zero-order valence-corrected chi connectivity index (χ0v) is 29.6. The molecule has 11 heteroatoms. The van der Waals surface area contributed by atoms with Gasteiger partial charge >= 0.3 is 5.97 Å². The molecule has 0 spiro atoms. The Labute approximate surface area is 288 Å². The number of fused-ring (bicyclic) bond motifs is 3. The molecule has 5 aliphatic rings. The summed E-state index contributed by atoms with van der Waals surface area (Å²) in [5, 5.41) is 16.1. The number of rotatable bonds is 15. The van der Waals surface area contributed by atoms with Gasteiger partial charge in [0.05, 0.1) is 40.3 Å². The van der Waals surface area contributed by atoms with E-state index in [0.717, 1.165) is 65.9 Å². The predicted molar refractivity (Wildman–Crippen MR) is 187 cm³/mol. The van der Waals surface area contributed by atoms with Crippen molar-refractivity contribution in [2.45, 2.75) is 101 Å². The number of hydrogen-bond acceptors (Lipinski definition) is 9. The van der Waals surface area contributed by atoms with E-state index in [1.54, 1.807) is 18.2 Å². The highest BCUT2D eigenvalue weighted by Gasteiger charge is 2.51. The number of benzene rings is 2. The molecule has 1 saturated heterocycles. The summed E-state index contributed by atoms with van der Waals surface area (Å²) < 4.78 is 43.2. The normalized spacial score (nSPS) is 27.1. The van der Waals surface area contributed by atoms with Gasteiger partial charge in [-0.25, -0.2) is 13.4 Å². The van der Waals surface area contributed by atoms with Crippen LogP contribution in [0.2, 0.25) is 0 Å². The number of nitrogens with one attached hydrogen (secondary N) is 1. The number of ether oxygens (including phenoxy) is 2. The molecule has 0 amide bonds. The maximum atomic E-state index is 14.3. The van der Waals surface area contributed by atoms with Gasteiger partial charge in [0, 0.05) is 31.0 Å². The monoisotopic (exact) mass is 695 g/mol. The molecule has 1 aromatic heterocycles. The summed E-state index contributed by atoms with van der Waals surface area (Å²) in [4.78, 5) is 18.5. The van der Waals surface area contributed by atoms with Gasteiger partial charge in [-0.1, -0.05) is 61.9 Å². The van der Waals surface area contributed by atoms with Crippen LogP contribution in [-0.4, -0.2) is 72.8 Å². The van der Waals surface area contributed by atoms with Crippen molar-refractivity contribution in [2.75, 3.05) is 25.0 Å². The number of aliphatic hydroxyl groups is 1. The van der Waals surface area contributed by atoms with Crippen LogP contribution in [0.3, 0.4) is 0 Å². The fourth-order valence-corrected chi connectivity index (χ4v) is 10.7. The Bertz CT molecular complexity index is 1680. The van der Waals surface area contributed by atoms with Gasteiger partial charge in [-0.05, 0) is 86.5 Å². The van der Waals surface area contributed by atoms with E-state index in [9.17, 15) is 18.3 Å². The summed E-state index contributed by atoms with van der Waals surface area (Å²) in [5.41, 5.74) is 1.75. The maximum Gasteiger partial charge on any atom is 0.306 e. The van der Waals surface area contributed by atoms with E-state index in [1.165, 1.54) is 15.6 Å². The lowest BCUT2D eigenvalue weighted by atomic mass is 9.74. The van der Waals surface area contributed by atoms with Gasteiger partial charge in [0.1, 0.15) is 6.10 Å². The lowest BCUT2D eigenvalue weighted by molar-refractivity contribution is -0.161. The number of carbonyl (C=O) groups excluding carboxylic acids is 1. The first-order valence-electron chi connectivity index (χ1n) is 17.9. The molecule has 4 saturated carbocycles. The second kappa shape index (κ2) is 14.3. The highest BCUT2D eigenvalue weighted by Crippen LogP contribution is 2.49. The first-order valence-corrected chi connectivity index (χ1v) is 20.1. The Morgan fingerprint density at radius 2 is 1.88 bits per heavy atom. The second-order valence-corrected chi connectivity index (χ2v) is 17.7. The third-order valence-electron chi connectivity index (χ3n) is 11.2. The topological polar surface area (TPSA) is 118 Å². The SMILES string of the molecule is CCC(C)CN(C[C@@H](O)[C@@H](CC(=O)OC1C2CCC3OCC1C3CC2)Cc1ccccc1)S(=O)(=O)c1ccc2nc(NC3CC3)sc2c1. The molecule has 8 atom stereocenters. The third-order valence-corrected chi connectivity index (χ3v) is 14.0. The Morgan fingerprint density at radius 1 is 1.08 bits per heavy atom. The summed E-state index contributed by atoms with van der Waals surface area (Å²) in [6, 6.07) is 15.3. The fourth-order valence-electron chi connectivity index (χ4n) is 8.04. The highest BCUT2D eigenvalue weighted by molar-refractivity contribution is 7.89. The zero-order chi connectivity index (χ0) is 33.4. The quantitative estimate of drug-likeness (QED) is 0.179. The van der Waals surface area contributed by atoms with Crippen LogP contribution in [0.5, 0.6) is 0 Å². The van der Waals surface area contributed by atoms with Crippen LogP contribution in [0.25, 0.3) is 10.2 Å². The minimum Gasteiger partial charge on any atom is -0.462 e. The Hall–Kier alpha value is -2.57. The molecular formula is C37H49N3O6S2. The molecule has 4 bridgehead atoms. The molecule has 1 aliphatic heterocycles. The van der Waals surface area contributed by atoms with Crippen LogP contribution in [0.15, 0.2) is 53.4 Å². The van der Waals surface area contributed by atoms with Gasteiger partial charge in [-0.15, -0.1) is 0 Å². The van der Waals surface area contributed by atoms with Crippen LogP contribution in [0.1, 0.15) is 70.8 Å². The van der Waals surface area contributed by atoms with Crippen LogP contribution in [0, 0.1) is 29.6 Å². The molecule has 2 N–H and O–H groups in total. The summed E-state index contributed by atoms with van der Waals surface area (Å²) in [6.07, 6.45) is 6.79. The van der Waals surface area contributed by atoms with Gasteiger partial charge in [0.15, 0.2) is 5.13 Å². The summed E-state index contributed by atoms with van der Waals surface area (Å²) in [5.74, 6) is 0.286. The molecule has 9 nitrogen and oxygen atoms in total. The number of thiazole rings is 1. The molecule has 2 heterocycles. The van der Waals surface area contributed by atoms with Crippen molar-refractivity contribution in [1.29, 1.82) is 0 Å². The van der Waals surface area contributed by atoms with Gasteiger partial charge in [-0.2, -0.15) is 4.31 Å². The lowest BCUT2D eigenvalue weighted by Crippen LogP contribution is -2.44. The standard InChI is InChI=1S/C37H49N3O6S2/c1-3-23(2)20-40(48(43,44)28-13-15-31-34(19-28)47-37(39-31)38-27-11-12-27)21-32(41)26(17-24-7-5-4-6-8-24)18-35(42)46-36-25-9-14-29-30(36)22-45-33(29)16-10-25/h4-8,13,15,19,23,25-27,29-30,32-33,36,41H,3,9-12,14,16-18,20-22H2,1-2H3,(H,38,39)/t23?,25?,26-,29?,30?,32-,33?,36?/m1/s1. The molecule has 4 aliphatic carbocycles. The number of esters is 1. The minimum absolute atomic E-state index is 0.0156. The Balaban J connectivity index is 1.10. The largest absolute Gasteiger partial charge is 0.462 e. The second-order valence-electron chi connectivity index (χ2n) is 14.7. The van der Waals surface area contributed by atoms with Crippen LogP contribution in [0.4, 0.5) is 5.13 Å². The van der Waals surface area contributed by atoms with Crippen molar-refractivity contribution < 1.29 is 27.8 Å². The van der Waals surface area contributed by atoms with Gasteiger partial charge < -0.3 is 19.9 Å². The minimum atomic E-state index is -3.97. The van der Waals surface area contributed by atoms with E-state index in [0.29, 0.717) is 30.9 Å². The number of sulfonamides is 1. The molecule has 48 heavy (non-hydrogen) atoms. The molecule has 2 aromatic carbocycles. The highest BCUT2D eigenvalue weighted by atomic mass is 32.2.